The largest absolute Gasteiger partial charge is 0.467 e. The van der Waals surface area contributed by atoms with E-state index in [1.54, 1.807) is 0 Å². The molecule has 57 heavy (non-hydrogen) atoms. The fraction of sp³-hybridized carbons (Fsp3) is 0.409. The van der Waals surface area contributed by atoms with Crippen LogP contribution in [0.15, 0.2) is 121 Å². The molecular weight excluding hydrogens is 736 g/mol. The molecule has 2 aliphatic rings. The van der Waals surface area contributed by atoms with Gasteiger partial charge in [-0.25, -0.2) is 9.59 Å². The van der Waals surface area contributed by atoms with Crippen LogP contribution in [0.1, 0.15) is 22.3 Å². The highest BCUT2D eigenvalue weighted by Gasteiger charge is 2.57. The number of carbonyl (C=O) groups excluding carboxylic acids is 2. The molecule has 2 aliphatic heterocycles. The smallest absolute Gasteiger partial charge is 0.338 e. The zero-order chi connectivity index (χ0) is 40.0. The molecule has 2 heterocycles. The molecule has 0 spiro atoms. The van der Waals surface area contributed by atoms with Crippen LogP contribution >= 0.6 is 0 Å². The maximum absolute atomic E-state index is 14.3. The molecule has 0 N–H and O–H groups in total. The highest BCUT2D eigenvalue weighted by Crippen LogP contribution is 2.36. The van der Waals surface area contributed by atoms with Gasteiger partial charge in [0.05, 0.1) is 26.9 Å². The Morgan fingerprint density at radius 3 is 1.32 bits per heavy atom. The first-order valence-electron chi connectivity index (χ1n) is 18.7. The van der Waals surface area contributed by atoms with Gasteiger partial charge >= 0.3 is 11.9 Å². The molecule has 0 bridgehead atoms. The molecule has 2 unspecified atom stereocenters. The van der Waals surface area contributed by atoms with Gasteiger partial charge in [-0.15, -0.1) is 0 Å². The van der Waals surface area contributed by atoms with E-state index in [1.165, 1.54) is 28.4 Å². The lowest BCUT2D eigenvalue weighted by Gasteiger charge is -2.48. The second-order valence-electron chi connectivity index (χ2n) is 13.5. The Hall–Kier alpha value is -4.54. The van der Waals surface area contributed by atoms with Gasteiger partial charge in [-0.2, -0.15) is 0 Å². The molecule has 2 saturated heterocycles. The molecule has 0 aromatic heterocycles. The molecule has 304 valence electrons. The quantitative estimate of drug-likeness (QED) is 0.123. The van der Waals surface area contributed by atoms with Crippen LogP contribution in [-0.2, 0) is 88.1 Å². The summed E-state index contributed by atoms with van der Waals surface area (Å²) in [6.45, 7) is 0.316. The Kier molecular flexibility index (Phi) is 15.7. The maximum Gasteiger partial charge on any atom is 0.338 e. The van der Waals surface area contributed by atoms with Crippen LogP contribution in [0.3, 0.4) is 0 Å². The molecule has 13 nitrogen and oxygen atoms in total. The summed E-state index contributed by atoms with van der Waals surface area (Å²) in [6.07, 6.45) is -11.3. The summed E-state index contributed by atoms with van der Waals surface area (Å²) in [5.41, 5.74) is 3.36. The van der Waals surface area contributed by atoms with Gasteiger partial charge in [0, 0.05) is 21.3 Å². The van der Waals surface area contributed by atoms with E-state index in [9.17, 15) is 9.59 Å². The zero-order valence-electron chi connectivity index (χ0n) is 32.5. The number of hydrogen-bond donors (Lipinski definition) is 0. The molecular formula is C44H50O13. The normalized spacial score (nSPS) is 27.4. The molecule has 0 amide bonds. The number of benzene rings is 4. The molecule has 4 aromatic rings. The van der Waals surface area contributed by atoms with Crippen molar-refractivity contribution in [3.05, 3.63) is 144 Å². The highest BCUT2D eigenvalue weighted by molar-refractivity contribution is 5.76. The van der Waals surface area contributed by atoms with Crippen molar-refractivity contribution in [1.29, 1.82) is 0 Å². The summed E-state index contributed by atoms with van der Waals surface area (Å²) in [5, 5.41) is 0. The van der Waals surface area contributed by atoms with Crippen molar-refractivity contribution in [3.63, 3.8) is 0 Å². The summed E-state index contributed by atoms with van der Waals surface area (Å²) in [7, 11) is 5.57. The van der Waals surface area contributed by atoms with Crippen LogP contribution in [0.4, 0.5) is 0 Å². The Morgan fingerprint density at radius 1 is 0.439 bits per heavy atom. The highest BCUT2D eigenvalue weighted by atomic mass is 16.8. The van der Waals surface area contributed by atoms with Crippen molar-refractivity contribution in [2.24, 2.45) is 0 Å². The van der Waals surface area contributed by atoms with Crippen LogP contribution in [0.5, 0.6) is 0 Å². The second-order valence-corrected chi connectivity index (χ2v) is 13.5. The van der Waals surface area contributed by atoms with Gasteiger partial charge in [0.1, 0.15) is 43.2 Å². The van der Waals surface area contributed by atoms with E-state index in [0.29, 0.717) is 0 Å². The van der Waals surface area contributed by atoms with Crippen molar-refractivity contribution in [3.8, 4) is 0 Å². The number of hydrogen-bond acceptors (Lipinski definition) is 13. The van der Waals surface area contributed by atoms with Crippen molar-refractivity contribution in [1.82, 2.24) is 0 Å². The SMILES string of the molecule is COC(=O)C1O[C@H](OC)[C@H](OC)[C@@H](OC)[C@@H]1O[C@H]1OC(C(=O)OCc2ccccc2)[C@H](OCc2ccccc2)[C@H](OCc2ccccc2)[C@H]1OCc1ccccc1. The summed E-state index contributed by atoms with van der Waals surface area (Å²) in [4.78, 5) is 27.7. The van der Waals surface area contributed by atoms with Crippen molar-refractivity contribution in [2.75, 3.05) is 28.4 Å². The third-order valence-electron chi connectivity index (χ3n) is 9.80. The second kappa shape index (κ2) is 21.3. The summed E-state index contributed by atoms with van der Waals surface area (Å²) < 4.78 is 67.7. The van der Waals surface area contributed by atoms with E-state index in [0.717, 1.165) is 22.3 Å². The van der Waals surface area contributed by atoms with Gasteiger partial charge in [-0.1, -0.05) is 121 Å². The molecule has 10 atom stereocenters. The van der Waals surface area contributed by atoms with E-state index < -0.39 is 73.4 Å². The van der Waals surface area contributed by atoms with Gasteiger partial charge in [-0.05, 0) is 22.3 Å². The van der Waals surface area contributed by atoms with Crippen LogP contribution < -0.4 is 0 Å². The zero-order valence-corrected chi connectivity index (χ0v) is 32.5. The van der Waals surface area contributed by atoms with Crippen LogP contribution in [-0.4, -0.2) is 102 Å². The average Bonchev–Trinajstić information content (AvgIpc) is 3.27. The van der Waals surface area contributed by atoms with Crippen LogP contribution in [0.25, 0.3) is 0 Å². The minimum atomic E-state index is -1.40. The third kappa shape index (κ3) is 10.9. The van der Waals surface area contributed by atoms with E-state index in [1.807, 2.05) is 121 Å². The van der Waals surface area contributed by atoms with E-state index >= 15 is 0 Å². The van der Waals surface area contributed by atoms with E-state index in [-0.39, 0.29) is 26.4 Å². The van der Waals surface area contributed by atoms with E-state index in [2.05, 4.69) is 0 Å². The minimum Gasteiger partial charge on any atom is -0.467 e. The predicted molar refractivity (Wildman–Crippen MR) is 204 cm³/mol. The van der Waals surface area contributed by atoms with Gasteiger partial charge < -0.3 is 52.1 Å². The van der Waals surface area contributed by atoms with Crippen molar-refractivity contribution < 1.29 is 61.7 Å². The lowest BCUT2D eigenvalue weighted by molar-refractivity contribution is -0.362. The number of carbonyl (C=O) groups is 2. The number of rotatable bonds is 18. The van der Waals surface area contributed by atoms with Gasteiger partial charge in [-0.3, -0.25) is 0 Å². The fourth-order valence-electron chi connectivity index (χ4n) is 6.89. The Balaban J connectivity index is 1.41. The maximum atomic E-state index is 14.3. The summed E-state index contributed by atoms with van der Waals surface area (Å²) in [6, 6.07) is 38.0. The molecule has 4 aromatic carbocycles. The van der Waals surface area contributed by atoms with Crippen LogP contribution in [0.2, 0.25) is 0 Å². The monoisotopic (exact) mass is 786 g/mol. The van der Waals surface area contributed by atoms with Crippen LogP contribution in [0, 0.1) is 0 Å². The Labute approximate surface area is 332 Å². The molecule has 2 fully saturated rings. The Morgan fingerprint density at radius 2 is 0.860 bits per heavy atom. The first-order valence-corrected chi connectivity index (χ1v) is 18.7. The van der Waals surface area contributed by atoms with Gasteiger partial charge in [0.25, 0.3) is 0 Å². The standard InChI is InChI=1S/C44H50O13/c1-47-33-36(38(41(45)49-3)56-43(50-4)39(33)48-2)55-44-40(53-27-31-21-13-7-14-22-31)35(52-26-30-19-11-6-12-20-30)34(51-25-29-17-9-5-10-18-29)37(57-44)42(46)54-28-32-23-15-8-16-24-32/h5-24,33-40,43-44H,25-28H2,1-4H3/t33-,34+,35-,36-,37?,38?,39+,40+,43-,44-/m0/s1. The minimum absolute atomic E-state index is 0.0273. The molecule has 6 rings (SSSR count). The first kappa shape index (κ1) is 42.1. The molecule has 13 heteroatoms. The van der Waals surface area contributed by atoms with Crippen molar-refractivity contribution >= 4 is 11.9 Å². The lowest BCUT2D eigenvalue weighted by atomic mass is 9.95. The lowest BCUT2D eigenvalue weighted by Crippen LogP contribution is -2.67. The topological polar surface area (TPSA) is 136 Å². The molecule has 0 aliphatic carbocycles. The molecule has 0 saturated carbocycles. The number of ether oxygens (including phenoxy) is 11. The first-order chi connectivity index (χ1) is 27.9. The average molecular weight is 787 g/mol. The third-order valence-corrected chi connectivity index (χ3v) is 9.80. The Bertz CT molecular complexity index is 1780. The van der Waals surface area contributed by atoms with Gasteiger partial charge in [0.2, 0.25) is 0 Å². The summed E-state index contributed by atoms with van der Waals surface area (Å²) in [5.74, 6) is -1.47. The van der Waals surface area contributed by atoms with Crippen molar-refractivity contribution in [2.45, 2.75) is 87.8 Å². The summed E-state index contributed by atoms with van der Waals surface area (Å²) >= 11 is 0. The number of esters is 2. The van der Waals surface area contributed by atoms with Gasteiger partial charge in [0.15, 0.2) is 24.8 Å². The predicted octanol–water partition coefficient (Wildman–Crippen LogP) is 5.17. The molecule has 0 radical (unpaired) electrons. The fourth-order valence-corrected chi connectivity index (χ4v) is 6.89. The number of methoxy groups -OCH3 is 4. The van der Waals surface area contributed by atoms with E-state index in [4.69, 9.17) is 52.1 Å².